The summed E-state index contributed by atoms with van der Waals surface area (Å²) in [7, 11) is 2.00. The van der Waals surface area contributed by atoms with Gasteiger partial charge in [0.1, 0.15) is 24.5 Å². The van der Waals surface area contributed by atoms with Crippen molar-refractivity contribution in [3.8, 4) is 28.6 Å². The highest BCUT2D eigenvalue weighted by atomic mass is 19.1. The molecule has 1 N–H and O–H groups in total. The molecule has 156 valence electrons. The van der Waals surface area contributed by atoms with Crippen LogP contribution in [0.1, 0.15) is 26.2 Å². The van der Waals surface area contributed by atoms with Crippen LogP contribution >= 0.6 is 0 Å². The fourth-order valence-electron chi connectivity index (χ4n) is 4.66. The zero-order valence-electron chi connectivity index (χ0n) is 16.8. The van der Waals surface area contributed by atoms with Crippen LogP contribution in [0.25, 0.3) is 16.9 Å². The summed E-state index contributed by atoms with van der Waals surface area (Å²) < 4.78 is 22.7. The first-order chi connectivity index (χ1) is 14.5. The number of alkyl halides is 1. The Morgan fingerprint density at radius 3 is 2.67 bits per heavy atom. The summed E-state index contributed by atoms with van der Waals surface area (Å²) in [5, 5.41) is 26.2. The zero-order chi connectivity index (χ0) is 20.9. The highest BCUT2D eigenvalue weighted by molar-refractivity contribution is 5.68. The van der Waals surface area contributed by atoms with Crippen LogP contribution in [0.2, 0.25) is 0 Å². The highest BCUT2D eigenvalue weighted by Gasteiger charge is 2.55. The van der Waals surface area contributed by atoms with Gasteiger partial charge in [0, 0.05) is 30.2 Å². The molecule has 1 aromatic carbocycles. The van der Waals surface area contributed by atoms with Crippen LogP contribution in [0.5, 0.6) is 11.6 Å². The minimum atomic E-state index is -1.09. The molecule has 4 atom stereocenters. The van der Waals surface area contributed by atoms with Gasteiger partial charge in [-0.2, -0.15) is 0 Å². The molecular formula is C21H23FN6O2. The number of halogens is 1. The van der Waals surface area contributed by atoms with Crippen molar-refractivity contribution in [2.24, 2.45) is 0 Å². The number of ether oxygens (including phenoxy) is 1. The number of nitrogens with zero attached hydrogens (tertiary/aromatic N) is 6. The fourth-order valence-corrected chi connectivity index (χ4v) is 4.66. The lowest BCUT2D eigenvalue weighted by Crippen LogP contribution is -2.60. The maximum atomic E-state index is 15.2. The van der Waals surface area contributed by atoms with Crippen molar-refractivity contribution >= 4 is 0 Å². The Balaban J connectivity index is 1.33. The minimum absolute atomic E-state index is 0.0628. The molecular weight excluding hydrogens is 387 g/mol. The molecule has 1 unspecified atom stereocenters. The van der Waals surface area contributed by atoms with Crippen LogP contribution in [-0.4, -0.2) is 65.9 Å². The van der Waals surface area contributed by atoms with Crippen molar-refractivity contribution in [3.63, 3.8) is 0 Å². The lowest BCUT2D eigenvalue weighted by Gasteiger charge is -2.45. The Morgan fingerprint density at radius 1 is 1.17 bits per heavy atom. The predicted molar refractivity (Wildman–Crippen MR) is 107 cm³/mol. The van der Waals surface area contributed by atoms with E-state index in [9.17, 15) is 5.11 Å². The van der Waals surface area contributed by atoms with Crippen LogP contribution in [0, 0.1) is 0 Å². The van der Waals surface area contributed by atoms with Gasteiger partial charge in [0.2, 0.25) is 5.88 Å². The Hall–Kier alpha value is -3.07. The summed E-state index contributed by atoms with van der Waals surface area (Å²) in [5.41, 5.74) is 1.29. The fraction of sp³-hybridized carbons (Fsp3) is 0.429. The quantitative estimate of drug-likeness (QED) is 0.707. The third-order valence-corrected chi connectivity index (χ3v) is 6.65. The van der Waals surface area contributed by atoms with Crippen LogP contribution in [0.3, 0.4) is 0 Å². The number of phenolic OH excluding ortho intramolecular Hbond substituents is 1. The number of hydrogen-bond donors (Lipinski definition) is 1. The number of rotatable bonds is 4. The standard InChI is InChI=1S/C21H23FN6O2/c1-21-8-7-13(27(21)2)10-18(20(21)22)30-19-6-5-16(25-26-19)15-4-3-14(9-17(15)29)28-11-23-24-12-28/h3-6,9,11-13,18,20,29H,7-8,10H2,1-2H3/t13?,18-,20-,21+/m0/s1. The second-order valence-electron chi connectivity index (χ2n) is 8.28. The van der Waals surface area contributed by atoms with Gasteiger partial charge in [-0.25, -0.2) is 4.39 Å². The van der Waals surface area contributed by atoms with Gasteiger partial charge in [-0.15, -0.1) is 20.4 Å². The van der Waals surface area contributed by atoms with E-state index in [-0.39, 0.29) is 5.75 Å². The average Bonchev–Trinajstić information content (AvgIpc) is 3.35. The van der Waals surface area contributed by atoms with Crippen LogP contribution in [0.4, 0.5) is 4.39 Å². The first-order valence-electron chi connectivity index (χ1n) is 10.0. The van der Waals surface area contributed by atoms with E-state index in [0.717, 1.165) is 18.5 Å². The smallest absolute Gasteiger partial charge is 0.233 e. The number of aromatic nitrogens is 5. The van der Waals surface area contributed by atoms with Gasteiger partial charge in [-0.05, 0) is 45.0 Å². The third-order valence-electron chi connectivity index (χ3n) is 6.65. The lowest BCUT2D eigenvalue weighted by atomic mass is 9.87. The van der Waals surface area contributed by atoms with Gasteiger partial charge in [0.05, 0.1) is 16.9 Å². The molecule has 30 heavy (non-hydrogen) atoms. The molecule has 2 aromatic heterocycles. The van der Waals surface area contributed by atoms with Crippen LogP contribution in [0.15, 0.2) is 43.0 Å². The zero-order valence-corrected chi connectivity index (χ0v) is 16.8. The number of phenols is 1. The van der Waals surface area contributed by atoms with E-state index in [2.05, 4.69) is 25.3 Å². The van der Waals surface area contributed by atoms with Gasteiger partial charge in [-0.3, -0.25) is 9.47 Å². The number of benzene rings is 1. The summed E-state index contributed by atoms with van der Waals surface area (Å²) in [6.45, 7) is 1.97. The van der Waals surface area contributed by atoms with E-state index in [1.165, 1.54) is 0 Å². The van der Waals surface area contributed by atoms with E-state index < -0.39 is 17.8 Å². The van der Waals surface area contributed by atoms with Gasteiger partial charge in [0.15, 0.2) is 6.17 Å². The normalized spacial score (nSPS) is 28.6. The van der Waals surface area contributed by atoms with Crippen molar-refractivity contribution in [2.75, 3.05) is 7.05 Å². The van der Waals surface area contributed by atoms with Crippen molar-refractivity contribution in [2.45, 2.75) is 50.0 Å². The maximum absolute atomic E-state index is 15.2. The first-order valence-corrected chi connectivity index (χ1v) is 10.0. The van der Waals surface area contributed by atoms with Crippen molar-refractivity contribution in [1.82, 2.24) is 29.9 Å². The summed E-state index contributed by atoms with van der Waals surface area (Å²) in [4.78, 5) is 2.15. The summed E-state index contributed by atoms with van der Waals surface area (Å²) in [6, 6.07) is 8.91. The molecule has 8 nitrogen and oxygen atoms in total. The van der Waals surface area contributed by atoms with Crippen LogP contribution < -0.4 is 4.74 Å². The van der Waals surface area contributed by atoms with Crippen molar-refractivity contribution in [1.29, 1.82) is 0 Å². The molecule has 2 aliphatic heterocycles. The molecule has 2 fully saturated rings. The molecule has 0 saturated carbocycles. The number of hydrogen-bond acceptors (Lipinski definition) is 7. The van der Waals surface area contributed by atoms with Gasteiger partial charge in [0.25, 0.3) is 0 Å². The SMILES string of the molecule is CN1C2CC[C@]1(C)[C@@H](F)[C@@H](Oc1ccc(-c3ccc(-n4cnnc4)cc3O)nn1)C2. The molecule has 2 saturated heterocycles. The Bertz CT molecular complexity index is 1040. The number of piperidine rings is 1. The van der Waals surface area contributed by atoms with E-state index in [1.54, 1.807) is 41.5 Å². The molecule has 0 aliphatic carbocycles. The van der Waals surface area contributed by atoms with E-state index in [1.807, 2.05) is 20.0 Å². The van der Waals surface area contributed by atoms with Gasteiger partial charge >= 0.3 is 0 Å². The lowest BCUT2D eigenvalue weighted by molar-refractivity contribution is -0.0596. The molecule has 0 spiro atoms. The van der Waals surface area contributed by atoms with Crippen LogP contribution in [-0.2, 0) is 0 Å². The highest BCUT2D eigenvalue weighted by Crippen LogP contribution is 2.45. The summed E-state index contributed by atoms with van der Waals surface area (Å²) >= 11 is 0. The molecule has 4 heterocycles. The first kappa shape index (κ1) is 18.9. The minimum Gasteiger partial charge on any atom is -0.507 e. The average molecular weight is 410 g/mol. The molecule has 2 bridgehead atoms. The predicted octanol–water partition coefficient (Wildman–Crippen LogP) is 2.77. The van der Waals surface area contributed by atoms with Crippen molar-refractivity contribution < 1.29 is 14.2 Å². The van der Waals surface area contributed by atoms with E-state index in [0.29, 0.717) is 29.6 Å². The molecule has 9 heteroatoms. The monoisotopic (exact) mass is 410 g/mol. The Kier molecular flexibility index (Phi) is 4.43. The van der Waals surface area contributed by atoms with E-state index in [4.69, 9.17) is 4.74 Å². The van der Waals surface area contributed by atoms with Crippen molar-refractivity contribution in [3.05, 3.63) is 43.0 Å². The van der Waals surface area contributed by atoms with Gasteiger partial charge in [-0.1, -0.05) is 0 Å². The molecule has 2 aliphatic rings. The Labute approximate surface area is 173 Å². The summed E-state index contributed by atoms with van der Waals surface area (Å²) in [6.07, 6.45) is 3.95. The third kappa shape index (κ3) is 3.00. The number of fused-ring (bicyclic) bond motifs is 2. The molecule has 3 aromatic rings. The molecule has 0 amide bonds. The molecule has 0 radical (unpaired) electrons. The second-order valence-corrected chi connectivity index (χ2v) is 8.28. The van der Waals surface area contributed by atoms with Gasteiger partial charge < -0.3 is 9.84 Å². The number of aromatic hydroxyl groups is 1. The molecule has 5 rings (SSSR count). The summed E-state index contributed by atoms with van der Waals surface area (Å²) in [5.74, 6) is 0.354. The largest absolute Gasteiger partial charge is 0.507 e. The maximum Gasteiger partial charge on any atom is 0.233 e. The second kappa shape index (κ2) is 7.02. The van der Waals surface area contributed by atoms with E-state index >= 15 is 4.39 Å². The Morgan fingerprint density at radius 2 is 1.97 bits per heavy atom. The topological polar surface area (TPSA) is 89.2 Å².